The quantitative estimate of drug-likeness (QED) is 0.106. The molecule has 0 spiro atoms. The summed E-state index contributed by atoms with van der Waals surface area (Å²) in [6.45, 7) is 27.1. The first-order valence-corrected chi connectivity index (χ1v) is 27.2. The summed E-state index contributed by atoms with van der Waals surface area (Å²) in [7, 11) is 11.0. The maximum absolute atomic E-state index is 4.93. The molecule has 0 aromatic heterocycles. The second-order valence-electron chi connectivity index (χ2n) is 15.5. The average molecular weight is 827 g/mol. The summed E-state index contributed by atoms with van der Waals surface area (Å²) in [4.78, 5) is 0. The molecule has 6 aromatic rings. The van der Waals surface area contributed by atoms with Gasteiger partial charge in [0.25, 0.3) is 0 Å². The molecule has 0 atom stereocenters. The van der Waals surface area contributed by atoms with Crippen molar-refractivity contribution in [2.24, 2.45) is 11.8 Å². The van der Waals surface area contributed by atoms with Crippen molar-refractivity contribution in [1.29, 1.82) is 0 Å². The monoisotopic (exact) mass is 824 g/mol. The van der Waals surface area contributed by atoms with Gasteiger partial charge in [-0.15, -0.1) is 69.1 Å². The van der Waals surface area contributed by atoms with Gasteiger partial charge >= 0.3 is 37.9 Å². The normalized spacial score (nSPS) is 11.0. The van der Waals surface area contributed by atoms with Crippen LogP contribution in [0.2, 0.25) is 13.1 Å². The second-order valence-corrected chi connectivity index (χ2v) is 20.2. The molecule has 6 rings (SSSR count). The summed E-state index contributed by atoms with van der Waals surface area (Å²) in [5.41, 5.74) is 14.2. The van der Waals surface area contributed by atoms with Crippen molar-refractivity contribution in [1.82, 2.24) is 0 Å². The molecule has 0 fully saturated rings. The van der Waals surface area contributed by atoms with Crippen LogP contribution in [0.15, 0.2) is 97.1 Å². The van der Waals surface area contributed by atoms with E-state index in [1.807, 2.05) is 0 Å². The molecule has 0 saturated carbocycles. The Balaban J connectivity index is 0.000000244. The fourth-order valence-corrected chi connectivity index (χ4v) is 7.17. The summed E-state index contributed by atoms with van der Waals surface area (Å²) < 4.78 is 0. The Morgan fingerprint density at radius 2 is 0.885 bits per heavy atom. The number of benzene rings is 4. The van der Waals surface area contributed by atoms with Gasteiger partial charge < -0.3 is 0 Å². The van der Waals surface area contributed by atoms with Crippen molar-refractivity contribution in [2.45, 2.75) is 107 Å². The van der Waals surface area contributed by atoms with Crippen molar-refractivity contribution >= 4 is 48.1 Å². The molecule has 0 saturated heterocycles. The fraction of sp³-hybridized carbons (Fsp3) is 0.375. The summed E-state index contributed by atoms with van der Waals surface area (Å²) in [6.07, 6.45) is 2.30. The molecule has 0 bridgehead atoms. The number of fused-ring (bicyclic) bond motifs is 2. The van der Waals surface area contributed by atoms with E-state index in [-0.39, 0.29) is 0 Å². The topological polar surface area (TPSA) is 0 Å². The van der Waals surface area contributed by atoms with E-state index < -0.39 is 20.8 Å². The molecule has 2 radical (unpaired) electrons. The maximum atomic E-state index is 4.93. The van der Waals surface area contributed by atoms with Gasteiger partial charge in [0.15, 0.2) is 0 Å². The summed E-state index contributed by atoms with van der Waals surface area (Å²) in [5, 5.41) is 5.59. The Hall–Kier alpha value is -2.22. The van der Waals surface area contributed by atoms with E-state index in [0.717, 1.165) is 22.4 Å². The number of hydrogen-bond acceptors (Lipinski definition) is 0. The summed E-state index contributed by atoms with van der Waals surface area (Å²) in [6, 6.07) is 36.4. The molecule has 0 heterocycles. The van der Waals surface area contributed by atoms with Gasteiger partial charge in [-0.05, 0) is 72.6 Å². The van der Waals surface area contributed by atoms with Gasteiger partial charge in [0.2, 0.25) is 0 Å². The molecule has 0 aliphatic rings. The van der Waals surface area contributed by atoms with Crippen LogP contribution in [0.4, 0.5) is 0 Å². The molecular formula is C48H60Cl2SiZr. The Bertz CT molecular complexity index is 1830. The van der Waals surface area contributed by atoms with Gasteiger partial charge in [0.1, 0.15) is 0 Å². The number of rotatable bonds is 8. The first-order valence-electron chi connectivity index (χ1n) is 18.9. The van der Waals surface area contributed by atoms with Crippen LogP contribution in [0.5, 0.6) is 0 Å². The number of hydrogen-bond donors (Lipinski definition) is 0. The van der Waals surface area contributed by atoms with E-state index in [0.29, 0.717) is 23.7 Å². The number of aryl methyl sites for hydroxylation is 2. The first kappa shape index (κ1) is 44.2. The molecule has 0 unspecified atom stereocenters. The van der Waals surface area contributed by atoms with E-state index in [4.69, 9.17) is 17.0 Å². The first-order chi connectivity index (χ1) is 24.8. The predicted octanol–water partition coefficient (Wildman–Crippen LogP) is 15.9. The Labute approximate surface area is 338 Å². The van der Waals surface area contributed by atoms with Crippen LogP contribution < -0.4 is 0 Å². The minimum absolute atomic E-state index is 0.525. The van der Waals surface area contributed by atoms with Gasteiger partial charge in [-0.25, -0.2) is 0 Å². The van der Waals surface area contributed by atoms with E-state index in [9.17, 15) is 0 Å². The van der Waals surface area contributed by atoms with Gasteiger partial charge in [-0.1, -0.05) is 139 Å². The molecule has 52 heavy (non-hydrogen) atoms. The summed E-state index contributed by atoms with van der Waals surface area (Å²) in [5.74, 6) is 2.44. The van der Waals surface area contributed by atoms with Crippen LogP contribution in [-0.2, 0) is 33.7 Å². The van der Waals surface area contributed by atoms with E-state index in [2.05, 4.69) is 179 Å². The van der Waals surface area contributed by atoms with Crippen LogP contribution in [-0.4, -0.2) is 9.52 Å². The van der Waals surface area contributed by atoms with Crippen molar-refractivity contribution in [3.63, 3.8) is 0 Å². The van der Waals surface area contributed by atoms with Crippen LogP contribution in [0.25, 0.3) is 43.8 Å². The molecule has 6 aromatic carbocycles. The fourth-order valence-electron chi connectivity index (χ4n) is 7.17. The van der Waals surface area contributed by atoms with Crippen molar-refractivity contribution in [3.8, 4) is 22.3 Å². The van der Waals surface area contributed by atoms with Crippen LogP contribution in [0.3, 0.4) is 0 Å². The van der Waals surface area contributed by atoms with E-state index in [1.165, 1.54) is 77.2 Å². The molecule has 4 heteroatoms. The van der Waals surface area contributed by atoms with Crippen LogP contribution in [0, 0.1) is 25.7 Å². The summed E-state index contributed by atoms with van der Waals surface area (Å²) >= 11 is -0.826. The van der Waals surface area contributed by atoms with Gasteiger partial charge in [-0.3, -0.25) is 0 Å². The van der Waals surface area contributed by atoms with Gasteiger partial charge in [0, 0.05) is 9.52 Å². The van der Waals surface area contributed by atoms with Crippen molar-refractivity contribution in [3.05, 3.63) is 130 Å². The van der Waals surface area contributed by atoms with Crippen molar-refractivity contribution < 1.29 is 20.8 Å². The van der Waals surface area contributed by atoms with Crippen molar-refractivity contribution in [2.75, 3.05) is 0 Å². The third kappa shape index (κ3) is 11.9. The van der Waals surface area contributed by atoms with Gasteiger partial charge in [-0.2, -0.15) is 12.1 Å². The molecule has 0 nitrogen and oxygen atoms in total. The molecule has 0 aliphatic carbocycles. The molecule has 274 valence electrons. The Morgan fingerprint density at radius 1 is 0.558 bits per heavy atom. The zero-order chi connectivity index (χ0) is 38.5. The molecule has 0 amide bonds. The molecule has 0 N–H and O–H groups in total. The minimum atomic E-state index is -0.826. The average Bonchev–Trinajstić information content (AvgIpc) is 3.68. The number of halogens is 2. The second kappa shape index (κ2) is 21.6. The van der Waals surface area contributed by atoms with E-state index in [1.54, 1.807) is 0 Å². The SMILES string of the molecule is C[Si]C.Cc1ccccc1-c1c(C(C)C)ccc2[cH-]c(CC(C)C)cc12.Cc1ccccc1-c1c(C(C)C)ccc2[cH-]c(CC(C)C)cc12.[Cl][Zr+2][Cl]. The Morgan fingerprint density at radius 3 is 1.17 bits per heavy atom. The molecule has 0 aliphatic heterocycles. The zero-order valence-electron chi connectivity index (χ0n) is 33.7. The van der Waals surface area contributed by atoms with Crippen LogP contribution >= 0.6 is 17.0 Å². The third-order valence-corrected chi connectivity index (χ3v) is 9.32. The van der Waals surface area contributed by atoms with Crippen LogP contribution in [0.1, 0.15) is 101 Å². The zero-order valence-corrected chi connectivity index (χ0v) is 38.7. The third-order valence-electron chi connectivity index (χ3n) is 9.32. The van der Waals surface area contributed by atoms with E-state index >= 15 is 0 Å². The molecular weight excluding hydrogens is 767 g/mol. The Kier molecular flexibility index (Phi) is 18.4. The predicted molar refractivity (Wildman–Crippen MR) is 234 cm³/mol. The standard InChI is InChI=1S/2C23H27.C2H6Si.2ClH.Zr/c2*1-15(2)12-18-13-19-10-11-20(16(3)4)23(22(19)14-18)21-9-7-6-8-17(21)5;1-3-2;;;/h2*6-11,13-16H,12H2,1-5H3;1-2H3;2*1H;/q2*-1;;;;+4/p-2. The van der Waals surface area contributed by atoms with Gasteiger partial charge in [0.05, 0.1) is 0 Å².